The molecule has 2 aliphatic rings. The SMILES string of the molecule is O=C(NCC(F)(F)F)c1ccc2c(nc(CN3CCc4cc(C(F)(F)F)c(OCc5ccc(Cl)cc5F)nc4C3)n2C[C@@H]2CCO2)c1F. The van der Waals surface area contributed by atoms with Crippen LogP contribution < -0.4 is 10.1 Å². The van der Waals surface area contributed by atoms with Gasteiger partial charge in [-0.05, 0) is 48.7 Å². The number of amides is 1. The van der Waals surface area contributed by atoms with E-state index in [0.29, 0.717) is 35.8 Å². The zero-order chi connectivity index (χ0) is 34.4. The number of imidazole rings is 1. The summed E-state index contributed by atoms with van der Waals surface area (Å²) in [5, 5.41) is 1.77. The van der Waals surface area contributed by atoms with Crippen LogP contribution in [-0.4, -0.2) is 57.3 Å². The number of nitrogens with one attached hydrogen (secondary N) is 1. The first-order valence-corrected chi connectivity index (χ1v) is 15.1. The van der Waals surface area contributed by atoms with E-state index in [0.717, 1.165) is 24.6 Å². The Morgan fingerprint density at radius 1 is 1.08 bits per heavy atom. The van der Waals surface area contributed by atoms with Gasteiger partial charge >= 0.3 is 12.4 Å². The van der Waals surface area contributed by atoms with Gasteiger partial charge in [0.1, 0.15) is 35.9 Å². The van der Waals surface area contributed by atoms with E-state index < -0.39 is 60.1 Å². The van der Waals surface area contributed by atoms with E-state index in [-0.39, 0.29) is 48.3 Å². The zero-order valence-corrected chi connectivity index (χ0v) is 25.6. The monoisotopic (exact) mass is 703 g/mol. The molecule has 4 aromatic rings. The third-order valence-electron chi connectivity index (χ3n) is 8.09. The zero-order valence-electron chi connectivity index (χ0n) is 24.8. The van der Waals surface area contributed by atoms with E-state index in [1.165, 1.54) is 18.2 Å². The van der Waals surface area contributed by atoms with Gasteiger partial charge in [0.15, 0.2) is 5.82 Å². The van der Waals surface area contributed by atoms with Crippen LogP contribution in [0, 0.1) is 11.6 Å². The molecular formula is C31H26ClF8N5O3. The highest BCUT2D eigenvalue weighted by Gasteiger charge is 2.38. The number of rotatable bonds is 9. The van der Waals surface area contributed by atoms with Crippen molar-refractivity contribution in [1.82, 2.24) is 24.8 Å². The van der Waals surface area contributed by atoms with Gasteiger partial charge in [0.05, 0.1) is 36.0 Å². The van der Waals surface area contributed by atoms with Crippen LogP contribution in [0.1, 0.15) is 45.0 Å². The summed E-state index contributed by atoms with van der Waals surface area (Å²) in [6, 6.07) is 7.15. The van der Waals surface area contributed by atoms with E-state index in [9.17, 15) is 35.5 Å². The maximum atomic E-state index is 15.6. The molecule has 8 nitrogen and oxygen atoms in total. The smallest absolute Gasteiger partial charge is 0.421 e. The van der Waals surface area contributed by atoms with Crippen LogP contribution >= 0.6 is 11.6 Å². The van der Waals surface area contributed by atoms with Crippen LogP contribution in [0.15, 0.2) is 36.4 Å². The van der Waals surface area contributed by atoms with Gasteiger partial charge in [0, 0.05) is 30.3 Å². The van der Waals surface area contributed by atoms with E-state index in [1.54, 1.807) is 9.88 Å². The minimum atomic E-state index is -4.80. The topological polar surface area (TPSA) is 81.5 Å². The lowest BCUT2D eigenvalue weighted by Gasteiger charge is -2.30. The van der Waals surface area contributed by atoms with Gasteiger partial charge in [-0.15, -0.1) is 0 Å². The number of alkyl halides is 6. The number of carbonyl (C=O) groups excluding carboxylic acids is 1. The summed E-state index contributed by atoms with van der Waals surface area (Å²) in [6.45, 7) is -0.909. The number of hydrogen-bond acceptors (Lipinski definition) is 6. The van der Waals surface area contributed by atoms with Crippen LogP contribution in [0.25, 0.3) is 11.0 Å². The fourth-order valence-electron chi connectivity index (χ4n) is 5.54. The molecule has 4 heterocycles. The van der Waals surface area contributed by atoms with Crippen LogP contribution in [0.4, 0.5) is 35.1 Å². The first kappa shape index (κ1) is 33.9. The Morgan fingerprint density at radius 2 is 1.85 bits per heavy atom. The Hall–Kier alpha value is -4.02. The van der Waals surface area contributed by atoms with Crippen molar-refractivity contribution in [3.05, 3.63) is 86.8 Å². The molecule has 17 heteroatoms. The molecule has 6 rings (SSSR count). The van der Waals surface area contributed by atoms with E-state index >= 15 is 4.39 Å². The van der Waals surface area contributed by atoms with Gasteiger partial charge in [-0.1, -0.05) is 17.7 Å². The molecule has 0 aliphatic carbocycles. The normalized spacial score (nSPS) is 16.9. The molecule has 256 valence electrons. The van der Waals surface area contributed by atoms with Crippen LogP contribution in [0.3, 0.4) is 0 Å². The Morgan fingerprint density at radius 3 is 2.52 bits per heavy atom. The fraction of sp³-hybridized carbons (Fsp3) is 0.387. The van der Waals surface area contributed by atoms with Crippen molar-refractivity contribution in [3.8, 4) is 5.88 Å². The van der Waals surface area contributed by atoms with Crippen molar-refractivity contribution in [2.24, 2.45) is 0 Å². The predicted molar refractivity (Wildman–Crippen MR) is 155 cm³/mol. The molecule has 2 aliphatic heterocycles. The summed E-state index contributed by atoms with van der Waals surface area (Å²) < 4.78 is 122. The summed E-state index contributed by atoms with van der Waals surface area (Å²) in [5.74, 6) is -3.46. The molecule has 0 saturated carbocycles. The fourth-order valence-corrected chi connectivity index (χ4v) is 5.70. The lowest BCUT2D eigenvalue weighted by atomic mass is 10.0. The molecule has 2 aromatic carbocycles. The lowest BCUT2D eigenvalue weighted by Crippen LogP contribution is -2.34. The maximum Gasteiger partial charge on any atom is 0.421 e. The standard InChI is InChI=1S/C31H26ClF8N5O3/c32-18-2-1-17(22(33)10-18)14-48-29-21(31(38,39)40)9-16-5-7-44(12-23(16)42-29)13-25-43-27-24(45(25)11-19-6-8-47-19)4-3-20(26(27)34)28(46)41-15-30(35,36)37/h1-4,9-10,19H,5-8,11-15H2,(H,41,46)/t19-/m0/s1. The second kappa shape index (κ2) is 13.1. The highest BCUT2D eigenvalue weighted by Crippen LogP contribution is 2.38. The number of aromatic nitrogens is 3. The highest BCUT2D eigenvalue weighted by molar-refractivity contribution is 6.30. The van der Waals surface area contributed by atoms with E-state index in [1.807, 2.05) is 4.90 Å². The highest BCUT2D eigenvalue weighted by atomic mass is 35.5. The molecule has 0 unspecified atom stereocenters. The van der Waals surface area contributed by atoms with Crippen molar-refractivity contribution in [1.29, 1.82) is 0 Å². The Bertz CT molecular complexity index is 1860. The van der Waals surface area contributed by atoms with Gasteiger partial charge in [0.25, 0.3) is 5.91 Å². The molecule has 0 bridgehead atoms. The number of nitrogens with zero attached hydrogens (tertiary/aromatic N) is 4. The predicted octanol–water partition coefficient (Wildman–Crippen LogP) is 6.60. The maximum absolute atomic E-state index is 15.6. The molecule has 1 saturated heterocycles. The van der Waals surface area contributed by atoms with Crippen molar-refractivity contribution < 1.29 is 49.4 Å². The average Bonchev–Trinajstić information content (AvgIpc) is 3.33. The van der Waals surface area contributed by atoms with Crippen LogP contribution in [0.5, 0.6) is 5.88 Å². The minimum absolute atomic E-state index is 0.0174. The average molecular weight is 704 g/mol. The molecule has 0 radical (unpaired) electrons. The van der Waals surface area contributed by atoms with Gasteiger partial charge < -0.3 is 19.4 Å². The number of halogens is 9. The third-order valence-corrected chi connectivity index (χ3v) is 8.32. The minimum Gasteiger partial charge on any atom is -0.472 e. The Balaban J connectivity index is 1.27. The van der Waals surface area contributed by atoms with Gasteiger partial charge in [0.2, 0.25) is 5.88 Å². The molecule has 1 amide bonds. The second-order valence-electron chi connectivity index (χ2n) is 11.4. The summed E-state index contributed by atoms with van der Waals surface area (Å²) in [5.41, 5.74) is -1.01. The van der Waals surface area contributed by atoms with E-state index in [4.69, 9.17) is 21.1 Å². The largest absolute Gasteiger partial charge is 0.472 e. The molecular weight excluding hydrogens is 678 g/mol. The van der Waals surface area contributed by atoms with Crippen molar-refractivity contribution in [2.75, 3.05) is 19.7 Å². The van der Waals surface area contributed by atoms with Crippen molar-refractivity contribution in [2.45, 2.75) is 57.5 Å². The number of ether oxygens (including phenoxy) is 2. The van der Waals surface area contributed by atoms with Crippen LogP contribution in [0.2, 0.25) is 5.02 Å². The lowest BCUT2D eigenvalue weighted by molar-refractivity contribution is -0.139. The van der Waals surface area contributed by atoms with Gasteiger partial charge in [-0.25, -0.2) is 18.7 Å². The number of pyridine rings is 1. The summed E-state index contributed by atoms with van der Waals surface area (Å²) in [4.78, 5) is 22.8. The summed E-state index contributed by atoms with van der Waals surface area (Å²) in [6.07, 6.45) is -8.78. The number of fused-ring (bicyclic) bond motifs is 2. The molecule has 1 N–H and O–H groups in total. The Kier molecular flexibility index (Phi) is 9.26. The first-order valence-electron chi connectivity index (χ1n) is 14.7. The number of hydrogen-bond donors (Lipinski definition) is 1. The van der Waals surface area contributed by atoms with Gasteiger partial charge in [-0.3, -0.25) is 9.69 Å². The molecule has 1 atom stereocenters. The summed E-state index contributed by atoms with van der Waals surface area (Å²) in [7, 11) is 0. The number of benzene rings is 2. The molecule has 1 fully saturated rings. The van der Waals surface area contributed by atoms with Crippen molar-refractivity contribution in [3.63, 3.8) is 0 Å². The summed E-state index contributed by atoms with van der Waals surface area (Å²) >= 11 is 5.76. The first-order chi connectivity index (χ1) is 22.7. The van der Waals surface area contributed by atoms with Crippen LogP contribution in [-0.2, 0) is 43.6 Å². The second-order valence-corrected chi connectivity index (χ2v) is 11.9. The molecule has 2 aromatic heterocycles. The quantitative estimate of drug-likeness (QED) is 0.198. The van der Waals surface area contributed by atoms with Gasteiger partial charge in [-0.2, -0.15) is 26.3 Å². The third kappa shape index (κ3) is 7.34. The number of carbonyl (C=O) groups is 1. The molecule has 0 spiro atoms. The Labute approximate surface area is 272 Å². The van der Waals surface area contributed by atoms with Crippen molar-refractivity contribution >= 4 is 28.5 Å². The van der Waals surface area contributed by atoms with E-state index in [2.05, 4.69) is 9.97 Å². The molecule has 48 heavy (non-hydrogen) atoms.